The van der Waals surface area contributed by atoms with Crippen LogP contribution in [0.15, 0.2) is 29.2 Å². The summed E-state index contributed by atoms with van der Waals surface area (Å²) in [5.41, 5.74) is -1.12. The molecular weight excluding hydrogens is 290 g/mol. The van der Waals surface area contributed by atoms with Gasteiger partial charge in [-0.15, -0.1) is 11.3 Å². The Morgan fingerprint density at radius 3 is 2.25 bits per heavy atom. The highest BCUT2D eigenvalue weighted by Gasteiger charge is 2.44. The van der Waals surface area contributed by atoms with Crippen molar-refractivity contribution in [3.8, 4) is 0 Å². The van der Waals surface area contributed by atoms with Gasteiger partial charge in [-0.3, -0.25) is 19.7 Å². The molecular formula is C11H11NO7S. The molecule has 1 rings (SSSR count). The molecule has 0 aliphatic carbocycles. The largest absolute Gasteiger partial charge is 0.481 e. The number of hydrogen-bond acceptors (Lipinski definition) is 7. The number of nitro groups is 1. The van der Waals surface area contributed by atoms with Gasteiger partial charge in [-0.2, -0.15) is 0 Å². The van der Waals surface area contributed by atoms with Gasteiger partial charge in [0.1, 0.15) is 17.6 Å². The number of aliphatic carboxylic acids is 1. The molecule has 1 aromatic rings. The number of aliphatic hydroxyl groups is 2. The summed E-state index contributed by atoms with van der Waals surface area (Å²) in [6.07, 6.45) is 0. The zero-order chi connectivity index (χ0) is 15.4. The van der Waals surface area contributed by atoms with Gasteiger partial charge < -0.3 is 15.3 Å². The Bertz CT molecular complexity index is 545. The SMILES string of the molecule is CC(=O)C(C(=O)O)C(C(=C(O)O)[N+](=O)[O-])c1cccs1. The van der Waals surface area contributed by atoms with Crippen molar-refractivity contribution < 1.29 is 29.8 Å². The van der Waals surface area contributed by atoms with Crippen molar-refractivity contribution in [3.63, 3.8) is 0 Å². The lowest BCUT2D eigenvalue weighted by molar-refractivity contribution is -0.436. The number of aliphatic hydroxyl groups excluding tert-OH is 1. The number of ketones is 1. The molecule has 2 unspecified atom stereocenters. The minimum Gasteiger partial charge on any atom is -0.481 e. The number of rotatable bonds is 6. The summed E-state index contributed by atoms with van der Waals surface area (Å²) in [6.45, 7) is 0.978. The Hall–Kier alpha value is -2.42. The van der Waals surface area contributed by atoms with Crippen LogP contribution in [0.25, 0.3) is 0 Å². The Morgan fingerprint density at radius 1 is 1.35 bits per heavy atom. The smallest absolute Gasteiger partial charge is 0.352 e. The predicted octanol–water partition coefficient (Wildman–Crippen LogP) is 1.68. The normalized spacial score (nSPS) is 13.2. The molecule has 0 saturated heterocycles. The first-order valence-electron chi connectivity index (χ1n) is 5.30. The molecule has 108 valence electrons. The highest BCUT2D eigenvalue weighted by molar-refractivity contribution is 7.10. The third-order valence-electron chi connectivity index (χ3n) is 2.61. The van der Waals surface area contributed by atoms with Crippen molar-refractivity contribution >= 4 is 23.1 Å². The summed E-state index contributed by atoms with van der Waals surface area (Å²) in [4.78, 5) is 32.7. The predicted molar refractivity (Wildman–Crippen MR) is 68.1 cm³/mol. The lowest BCUT2D eigenvalue weighted by Gasteiger charge is -2.18. The number of carboxylic acids is 1. The van der Waals surface area contributed by atoms with Gasteiger partial charge in [0.05, 0.1) is 4.92 Å². The van der Waals surface area contributed by atoms with Crippen molar-refractivity contribution in [1.82, 2.24) is 0 Å². The van der Waals surface area contributed by atoms with E-state index in [1.807, 2.05) is 0 Å². The van der Waals surface area contributed by atoms with E-state index >= 15 is 0 Å². The second kappa shape index (κ2) is 6.15. The van der Waals surface area contributed by atoms with Crippen LogP contribution in [-0.4, -0.2) is 32.0 Å². The van der Waals surface area contributed by atoms with E-state index in [2.05, 4.69) is 0 Å². The molecule has 1 aromatic heterocycles. The van der Waals surface area contributed by atoms with Gasteiger partial charge >= 0.3 is 17.6 Å². The second-order valence-corrected chi connectivity index (χ2v) is 4.86. The molecule has 0 fully saturated rings. The Labute approximate surface area is 116 Å². The fourth-order valence-electron chi connectivity index (χ4n) is 1.81. The van der Waals surface area contributed by atoms with Gasteiger partial charge in [0, 0.05) is 4.88 Å². The Kier molecular flexibility index (Phi) is 4.81. The maximum absolute atomic E-state index is 11.5. The van der Waals surface area contributed by atoms with Gasteiger partial charge in [-0.1, -0.05) is 6.07 Å². The third kappa shape index (κ3) is 3.12. The standard InChI is InChI=1S/C11H11NO7S/c1-5(13)7(10(14)15)8(6-3-2-4-20-6)9(11(16)17)12(18)19/h2-4,7-8,16-17H,1H3,(H,14,15). The second-order valence-electron chi connectivity index (χ2n) is 3.89. The lowest BCUT2D eigenvalue weighted by atomic mass is 9.85. The Balaban J connectivity index is 3.51. The van der Waals surface area contributed by atoms with E-state index in [0.717, 1.165) is 18.3 Å². The molecule has 3 N–H and O–H groups in total. The molecule has 2 atom stereocenters. The zero-order valence-electron chi connectivity index (χ0n) is 10.2. The highest BCUT2D eigenvalue weighted by Crippen LogP contribution is 2.36. The van der Waals surface area contributed by atoms with Gasteiger partial charge in [0.15, 0.2) is 0 Å². The van der Waals surface area contributed by atoms with Crippen LogP contribution >= 0.6 is 11.3 Å². The van der Waals surface area contributed by atoms with E-state index in [4.69, 9.17) is 15.3 Å². The fraction of sp³-hybridized carbons (Fsp3) is 0.273. The molecule has 0 radical (unpaired) electrons. The van der Waals surface area contributed by atoms with Crippen LogP contribution in [0.5, 0.6) is 0 Å². The first-order valence-corrected chi connectivity index (χ1v) is 6.18. The molecule has 0 aliphatic heterocycles. The van der Waals surface area contributed by atoms with Crippen LogP contribution in [0.2, 0.25) is 0 Å². The van der Waals surface area contributed by atoms with E-state index < -0.39 is 40.2 Å². The summed E-state index contributed by atoms with van der Waals surface area (Å²) in [7, 11) is 0. The van der Waals surface area contributed by atoms with Gasteiger partial charge in [-0.05, 0) is 18.4 Å². The number of hydrogen-bond donors (Lipinski definition) is 3. The lowest BCUT2D eigenvalue weighted by Crippen LogP contribution is -2.31. The molecule has 0 amide bonds. The third-order valence-corrected chi connectivity index (χ3v) is 3.56. The quantitative estimate of drug-likeness (QED) is 0.314. The first kappa shape index (κ1) is 15.6. The molecule has 9 heteroatoms. The number of Topliss-reactive ketones (excluding diaryl/α,β-unsaturated/α-hetero) is 1. The van der Waals surface area contributed by atoms with Crippen LogP contribution in [0.4, 0.5) is 0 Å². The molecule has 0 bridgehead atoms. The monoisotopic (exact) mass is 301 g/mol. The molecule has 20 heavy (non-hydrogen) atoms. The van der Waals surface area contributed by atoms with E-state index in [0.29, 0.717) is 0 Å². The summed E-state index contributed by atoms with van der Waals surface area (Å²) < 4.78 is 0. The van der Waals surface area contributed by atoms with Gasteiger partial charge in [0.25, 0.3) is 0 Å². The van der Waals surface area contributed by atoms with E-state index in [9.17, 15) is 19.7 Å². The van der Waals surface area contributed by atoms with Crippen molar-refractivity contribution in [2.75, 3.05) is 0 Å². The number of carbonyl (C=O) groups excluding carboxylic acids is 1. The number of thiophene rings is 1. The van der Waals surface area contributed by atoms with E-state index in [1.54, 1.807) is 0 Å². The van der Waals surface area contributed by atoms with Crippen molar-refractivity contribution in [2.24, 2.45) is 5.92 Å². The summed E-state index contributed by atoms with van der Waals surface area (Å²) in [5, 5.41) is 39.7. The number of carbonyl (C=O) groups is 2. The van der Waals surface area contributed by atoms with E-state index in [1.165, 1.54) is 17.5 Å². The summed E-state index contributed by atoms with van der Waals surface area (Å²) >= 11 is 0.981. The van der Waals surface area contributed by atoms with Crippen LogP contribution in [0, 0.1) is 16.0 Å². The topological polar surface area (TPSA) is 138 Å². The summed E-state index contributed by atoms with van der Waals surface area (Å²) in [5.74, 6) is -7.35. The van der Waals surface area contributed by atoms with Crippen LogP contribution in [-0.2, 0) is 9.59 Å². The molecule has 1 heterocycles. The fourth-order valence-corrected chi connectivity index (χ4v) is 2.68. The van der Waals surface area contributed by atoms with Crippen LogP contribution in [0.1, 0.15) is 17.7 Å². The average Bonchev–Trinajstić information content (AvgIpc) is 2.78. The highest BCUT2D eigenvalue weighted by atomic mass is 32.1. The van der Waals surface area contributed by atoms with Crippen LogP contribution in [0.3, 0.4) is 0 Å². The maximum atomic E-state index is 11.5. The molecule has 8 nitrogen and oxygen atoms in total. The number of nitrogens with zero attached hydrogens (tertiary/aromatic N) is 1. The van der Waals surface area contributed by atoms with Crippen LogP contribution < -0.4 is 0 Å². The number of carboxylic acid groups (broad SMARTS) is 1. The maximum Gasteiger partial charge on any atom is 0.352 e. The zero-order valence-corrected chi connectivity index (χ0v) is 11.0. The molecule has 0 aromatic carbocycles. The minimum atomic E-state index is -1.77. The van der Waals surface area contributed by atoms with Gasteiger partial charge in [0.2, 0.25) is 0 Å². The first-order chi connectivity index (χ1) is 9.27. The van der Waals surface area contributed by atoms with Crippen molar-refractivity contribution in [2.45, 2.75) is 12.8 Å². The number of allylic oxidation sites excluding steroid dienone is 1. The Morgan fingerprint density at radius 2 is 1.95 bits per heavy atom. The average molecular weight is 301 g/mol. The molecule has 0 saturated carbocycles. The minimum absolute atomic E-state index is 0.180. The van der Waals surface area contributed by atoms with Crippen molar-refractivity contribution in [3.05, 3.63) is 44.1 Å². The van der Waals surface area contributed by atoms with Crippen molar-refractivity contribution in [1.29, 1.82) is 0 Å². The summed E-state index contributed by atoms with van der Waals surface area (Å²) in [6, 6.07) is 2.90. The molecule has 0 aliphatic rings. The van der Waals surface area contributed by atoms with Gasteiger partial charge in [-0.25, -0.2) is 0 Å². The van der Waals surface area contributed by atoms with E-state index in [-0.39, 0.29) is 4.88 Å². The molecule has 0 spiro atoms.